The molecule has 7 nitrogen and oxygen atoms in total. The van der Waals surface area contributed by atoms with E-state index in [-0.39, 0.29) is 31.0 Å². The van der Waals surface area contributed by atoms with Crippen LogP contribution in [0.15, 0.2) is 34.0 Å². The van der Waals surface area contributed by atoms with Gasteiger partial charge >= 0.3 is 5.97 Å². The lowest BCUT2D eigenvalue weighted by molar-refractivity contribution is -0.138. The van der Waals surface area contributed by atoms with Gasteiger partial charge in [-0.25, -0.2) is 4.98 Å². The third kappa shape index (κ3) is 3.62. The molecule has 9 heteroatoms. The first-order chi connectivity index (χ1) is 12.0. The minimum Gasteiger partial charge on any atom is -0.481 e. The number of fused-ring (bicyclic) bond motifs is 1. The average molecular weight is 377 g/mol. The van der Waals surface area contributed by atoms with Gasteiger partial charge in [0.05, 0.1) is 18.1 Å². The molecule has 0 bridgehead atoms. The lowest BCUT2D eigenvalue weighted by Gasteiger charge is -2.16. The fraction of sp³-hybridized carbons (Fsp3) is 0.250. The molecule has 0 saturated heterocycles. The Bertz CT molecular complexity index is 975. The minimum atomic E-state index is -0.973. The van der Waals surface area contributed by atoms with Gasteiger partial charge < -0.3 is 10.0 Å². The van der Waals surface area contributed by atoms with Gasteiger partial charge in [0.15, 0.2) is 0 Å². The third-order valence-electron chi connectivity index (χ3n) is 3.74. The molecular weight excluding hydrogens is 362 g/mol. The van der Waals surface area contributed by atoms with Crippen molar-refractivity contribution in [3.8, 4) is 10.4 Å². The van der Waals surface area contributed by atoms with Gasteiger partial charge in [-0.2, -0.15) is 0 Å². The van der Waals surface area contributed by atoms with E-state index in [1.807, 2.05) is 22.9 Å². The normalized spacial score (nSPS) is 10.9. The van der Waals surface area contributed by atoms with E-state index in [9.17, 15) is 14.4 Å². The zero-order valence-electron chi connectivity index (χ0n) is 13.3. The van der Waals surface area contributed by atoms with Gasteiger partial charge in [0.25, 0.3) is 5.56 Å². The first-order valence-electron chi connectivity index (χ1n) is 7.43. The average Bonchev–Trinajstić information content (AvgIpc) is 3.23. The van der Waals surface area contributed by atoms with Crippen molar-refractivity contribution in [2.24, 2.45) is 0 Å². The largest absolute Gasteiger partial charge is 0.481 e. The molecule has 0 fully saturated rings. The van der Waals surface area contributed by atoms with Crippen molar-refractivity contribution in [3.05, 3.63) is 39.6 Å². The number of amides is 1. The van der Waals surface area contributed by atoms with Crippen molar-refractivity contribution in [1.29, 1.82) is 0 Å². The van der Waals surface area contributed by atoms with E-state index in [0.29, 0.717) is 10.2 Å². The van der Waals surface area contributed by atoms with Gasteiger partial charge in [0.1, 0.15) is 11.4 Å². The van der Waals surface area contributed by atoms with E-state index >= 15 is 0 Å². The molecule has 25 heavy (non-hydrogen) atoms. The number of carboxylic acids is 1. The van der Waals surface area contributed by atoms with Crippen LogP contribution in [-0.2, 0) is 16.1 Å². The van der Waals surface area contributed by atoms with Crippen molar-refractivity contribution in [1.82, 2.24) is 14.5 Å². The second-order valence-electron chi connectivity index (χ2n) is 5.44. The Kier molecular flexibility index (Phi) is 4.95. The first-order valence-corrected chi connectivity index (χ1v) is 9.19. The van der Waals surface area contributed by atoms with Gasteiger partial charge in [-0.3, -0.25) is 19.0 Å². The van der Waals surface area contributed by atoms with Crippen LogP contribution in [0.25, 0.3) is 20.7 Å². The molecule has 3 rings (SSSR count). The standard InChI is InChI=1S/C16H15N3O4S2/c1-18(5-4-13(21)22)12(20)7-19-9-17-15-14(16(19)23)10(8-25-15)11-3-2-6-24-11/h2-3,6,8-9H,4-5,7H2,1H3,(H,21,22). The molecule has 0 atom stereocenters. The number of aliphatic carboxylic acids is 1. The summed E-state index contributed by atoms with van der Waals surface area (Å²) in [6.07, 6.45) is 1.23. The lowest BCUT2D eigenvalue weighted by atomic mass is 10.2. The van der Waals surface area contributed by atoms with Crippen LogP contribution in [0.4, 0.5) is 0 Å². The van der Waals surface area contributed by atoms with E-state index in [0.717, 1.165) is 10.4 Å². The molecule has 0 radical (unpaired) electrons. The Morgan fingerprint density at radius 1 is 1.36 bits per heavy atom. The number of aromatic nitrogens is 2. The molecule has 130 valence electrons. The molecule has 0 saturated carbocycles. The summed E-state index contributed by atoms with van der Waals surface area (Å²) < 4.78 is 1.27. The van der Waals surface area contributed by atoms with Gasteiger partial charge in [0.2, 0.25) is 5.91 Å². The maximum absolute atomic E-state index is 12.8. The molecule has 0 spiro atoms. The number of nitrogens with zero attached hydrogens (tertiary/aromatic N) is 3. The highest BCUT2D eigenvalue weighted by Gasteiger charge is 2.17. The predicted octanol–water partition coefficient (Wildman–Crippen LogP) is 2.12. The summed E-state index contributed by atoms with van der Waals surface area (Å²) in [4.78, 5) is 42.8. The van der Waals surface area contributed by atoms with Crippen LogP contribution < -0.4 is 5.56 Å². The topological polar surface area (TPSA) is 92.5 Å². The molecule has 0 unspecified atom stereocenters. The van der Waals surface area contributed by atoms with Gasteiger partial charge in [-0.1, -0.05) is 6.07 Å². The van der Waals surface area contributed by atoms with E-state index in [4.69, 9.17) is 5.11 Å². The van der Waals surface area contributed by atoms with Crippen molar-refractivity contribution in [2.45, 2.75) is 13.0 Å². The van der Waals surface area contributed by atoms with Crippen LogP contribution in [0.2, 0.25) is 0 Å². The van der Waals surface area contributed by atoms with Crippen molar-refractivity contribution in [2.75, 3.05) is 13.6 Å². The van der Waals surface area contributed by atoms with Crippen molar-refractivity contribution >= 4 is 44.8 Å². The van der Waals surface area contributed by atoms with Crippen LogP contribution in [0.1, 0.15) is 6.42 Å². The highest BCUT2D eigenvalue weighted by molar-refractivity contribution is 7.18. The Morgan fingerprint density at radius 2 is 2.16 bits per heavy atom. The number of carbonyl (C=O) groups excluding carboxylic acids is 1. The SMILES string of the molecule is CN(CCC(=O)O)C(=O)Cn1cnc2scc(-c3cccs3)c2c1=O. The molecule has 1 N–H and O–H groups in total. The summed E-state index contributed by atoms with van der Waals surface area (Å²) in [5, 5.41) is 13.0. The summed E-state index contributed by atoms with van der Waals surface area (Å²) >= 11 is 2.93. The fourth-order valence-electron chi connectivity index (χ4n) is 2.35. The maximum Gasteiger partial charge on any atom is 0.305 e. The first kappa shape index (κ1) is 17.3. The number of rotatable bonds is 6. The van der Waals surface area contributed by atoms with E-state index in [2.05, 4.69) is 4.98 Å². The van der Waals surface area contributed by atoms with Crippen LogP contribution in [0.5, 0.6) is 0 Å². The quantitative estimate of drug-likeness (QED) is 0.710. The number of likely N-dealkylation sites (N-methyl/N-ethyl adjacent to an activating group) is 1. The Labute approximate surface area is 150 Å². The highest BCUT2D eigenvalue weighted by atomic mass is 32.1. The minimum absolute atomic E-state index is 0.0947. The fourth-order valence-corrected chi connectivity index (χ4v) is 4.07. The van der Waals surface area contributed by atoms with E-state index in [1.54, 1.807) is 0 Å². The smallest absolute Gasteiger partial charge is 0.305 e. The second-order valence-corrected chi connectivity index (χ2v) is 7.25. The molecule has 3 aromatic heterocycles. The Morgan fingerprint density at radius 3 is 2.84 bits per heavy atom. The second kappa shape index (κ2) is 7.16. The molecule has 3 aromatic rings. The molecule has 0 aliphatic carbocycles. The monoisotopic (exact) mass is 377 g/mol. The summed E-state index contributed by atoms with van der Waals surface area (Å²) in [6, 6.07) is 3.85. The highest BCUT2D eigenvalue weighted by Crippen LogP contribution is 2.33. The number of carboxylic acid groups (broad SMARTS) is 1. The Hall–Kier alpha value is -2.52. The van der Waals surface area contributed by atoms with E-state index < -0.39 is 5.97 Å². The predicted molar refractivity (Wildman–Crippen MR) is 97.1 cm³/mol. The number of thiophene rings is 2. The molecule has 3 heterocycles. The molecule has 0 aliphatic rings. The zero-order chi connectivity index (χ0) is 18.0. The summed E-state index contributed by atoms with van der Waals surface area (Å²) in [5.74, 6) is -1.31. The molecule has 0 aliphatic heterocycles. The molecule has 1 amide bonds. The van der Waals surface area contributed by atoms with Gasteiger partial charge in [-0.05, 0) is 11.4 Å². The zero-order valence-corrected chi connectivity index (χ0v) is 15.0. The summed E-state index contributed by atoms with van der Waals surface area (Å²) in [6.45, 7) is -0.0743. The molecule has 0 aromatic carbocycles. The third-order valence-corrected chi connectivity index (χ3v) is 5.53. The number of carbonyl (C=O) groups is 2. The lowest BCUT2D eigenvalue weighted by Crippen LogP contribution is -2.35. The van der Waals surface area contributed by atoms with Crippen LogP contribution in [0.3, 0.4) is 0 Å². The van der Waals surface area contributed by atoms with Crippen molar-refractivity contribution < 1.29 is 14.7 Å². The maximum atomic E-state index is 12.8. The van der Waals surface area contributed by atoms with Gasteiger partial charge in [0, 0.05) is 29.4 Å². The summed E-state index contributed by atoms with van der Waals surface area (Å²) in [5.41, 5.74) is 0.558. The van der Waals surface area contributed by atoms with Crippen LogP contribution >= 0.6 is 22.7 Å². The molecular formula is C16H15N3O4S2. The van der Waals surface area contributed by atoms with Gasteiger partial charge in [-0.15, -0.1) is 22.7 Å². The summed E-state index contributed by atoms with van der Waals surface area (Å²) in [7, 11) is 1.52. The number of hydrogen-bond donors (Lipinski definition) is 1. The van der Waals surface area contributed by atoms with Crippen LogP contribution in [0, 0.1) is 0 Å². The number of hydrogen-bond acceptors (Lipinski definition) is 6. The van der Waals surface area contributed by atoms with Crippen LogP contribution in [-0.4, -0.2) is 45.0 Å². The Balaban J connectivity index is 1.89. The van der Waals surface area contributed by atoms with Crippen molar-refractivity contribution in [3.63, 3.8) is 0 Å². The van der Waals surface area contributed by atoms with E-state index in [1.165, 1.54) is 45.5 Å².